The Morgan fingerprint density at radius 3 is 2.76 bits per heavy atom. The van der Waals surface area contributed by atoms with Crippen molar-refractivity contribution in [1.82, 2.24) is 24.6 Å². The Morgan fingerprint density at radius 1 is 1.28 bits per heavy atom. The van der Waals surface area contributed by atoms with E-state index in [1.54, 1.807) is 4.68 Å². The van der Waals surface area contributed by atoms with E-state index in [9.17, 15) is 4.79 Å². The Kier molecular flexibility index (Phi) is 3.91. The molecule has 1 aliphatic rings. The fourth-order valence-corrected chi connectivity index (χ4v) is 3.42. The summed E-state index contributed by atoms with van der Waals surface area (Å²) in [7, 11) is 1.91. The Bertz CT molecular complexity index is 903. The predicted octanol–water partition coefficient (Wildman–Crippen LogP) is 2.02. The van der Waals surface area contributed by atoms with Gasteiger partial charge in [0.15, 0.2) is 0 Å². The fraction of sp³-hybridized carbons (Fsp3) is 0.389. The highest BCUT2D eigenvalue weighted by atomic mass is 16.2. The van der Waals surface area contributed by atoms with Crippen molar-refractivity contribution in [2.75, 3.05) is 31.1 Å². The molecule has 0 unspecified atom stereocenters. The van der Waals surface area contributed by atoms with E-state index in [-0.39, 0.29) is 5.91 Å². The fourth-order valence-electron chi connectivity index (χ4n) is 3.42. The average Bonchev–Trinajstić information content (AvgIpc) is 3.26. The van der Waals surface area contributed by atoms with E-state index in [0.717, 1.165) is 48.5 Å². The topological polar surface area (TPSA) is 70.1 Å². The maximum absolute atomic E-state index is 11.9. The molecule has 7 heteroatoms. The van der Waals surface area contributed by atoms with E-state index in [4.69, 9.17) is 0 Å². The van der Waals surface area contributed by atoms with Crippen LogP contribution in [0.15, 0.2) is 30.7 Å². The van der Waals surface area contributed by atoms with Crippen LogP contribution in [0.4, 0.5) is 5.69 Å². The number of nitrogens with one attached hydrogen (secondary N) is 1. The molecule has 4 rings (SSSR count). The summed E-state index contributed by atoms with van der Waals surface area (Å²) in [5.74, 6) is 0.236. The number of fused-ring (bicyclic) bond motifs is 1. The number of piperazine rings is 1. The molecule has 130 valence electrons. The third-order valence-electron chi connectivity index (χ3n) is 4.80. The number of hydrogen-bond acceptors (Lipinski definition) is 4. The molecule has 1 amide bonds. The van der Waals surface area contributed by atoms with Gasteiger partial charge in [-0.1, -0.05) is 6.92 Å². The third kappa shape index (κ3) is 2.86. The van der Waals surface area contributed by atoms with Crippen LogP contribution >= 0.6 is 0 Å². The summed E-state index contributed by atoms with van der Waals surface area (Å²) in [4.78, 5) is 24.0. The smallest absolute Gasteiger partial charge is 0.222 e. The van der Waals surface area contributed by atoms with Crippen molar-refractivity contribution in [1.29, 1.82) is 0 Å². The average molecular weight is 338 g/mol. The van der Waals surface area contributed by atoms with E-state index >= 15 is 0 Å². The maximum Gasteiger partial charge on any atom is 0.222 e. The Morgan fingerprint density at radius 2 is 2.08 bits per heavy atom. The van der Waals surface area contributed by atoms with E-state index in [2.05, 4.69) is 32.1 Å². The summed E-state index contributed by atoms with van der Waals surface area (Å²) in [5.41, 5.74) is 4.11. The standard InChI is InChI=1S/C18H22N6O/c1-3-17(25)24-8-6-23(7-9-24)16-4-5-19-18-14(16)10-15(21-18)13-11-20-22(2)12-13/h4-5,10-12H,3,6-9H2,1-2H3,(H,19,21). The first-order valence-electron chi connectivity index (χ1n) is 8.65. The van der Waals surface area contributed by atoms with Gasteiger partial charge in [0.2, 0.25) is 5.91 Å². The number of anilines is 1. The molecular formula is C18H22N6O. The molecule has 1 fully saturated rings. The van der Waals surface area contributed by atoms with Crippen LogP contribution in [0.3, 0.4) is 0 Å². The molecule has 4 heterocycles. The zero-order valence-electron chi connectivity index (χ0n) is 14.6. The lowest BCUT2D eigenvalue weighted by Crippen LogP contribution is -2.48. The molecule has 1 saturated heterocycles. The number of aromatic amines is 1. The summed E-state index contributed by atoms with van der Waals surface area (Å²) < 4.78 is 1.79. The maximum atomic E-state index is 11.9. The largest absolute Gasteiger partial charge is 0.367 e. The molecule has 7 nitrogen and oxygen atoms in total. The number of carbonyl (C=O) groups excluding carboxylic acids is 1. The van der Waals surface area contributed by atoms with Gasteiger partial charge in [-0.15, -0.1) is 0 Å². The Labute approximate surface area is 146 Å². The second-order valence-electron chi connectivity index (χ2n) is 6.40. The van der Waals surface area contributed by atoms with Crippen LogP contribution in [-0.4, -0.2) is 56.7 Å². The van der Waals surface area contributed by atoms with Crippen molar-refractivity contribution in [3.8, 4) is 11.3 Å². The predicted molar refractivity (Wildman–Crippen MR) is 97.4 cm³/mol. The second kappa shape index (κ2) is 6.23. The van der Waals surface area contributed by atoms with Crippen molar-refractivity contribution < 1.29 is 4.79 Å². The van der Waals surface area contributed by atoms with Gasteiger partial charge in [-0.2, -0.15) is 5.10 Å². The molecule has 0 spiro atoms. The van der Waals surface area contributed by atoms with Crippen LogP contribution < -0.4 is 4.90 Å². The first-order valence-corrected chi connectivity index (χ1v) is 8.65. The summed E-state index contributed by atoms with van der Waals surface area (Å²) in [6, 6.07) is 4.19. The number of rotatable bonds is 3. The van der Waals surface area contributed by atoms with E-state index < -0.39 is 0 Å². The van der Waals surface area contributed by atoms with Gasteiger partial charge < -0.3 is 14.8 Å². The number of aromatic nitrogens is 4. The van der Waals surface area contributed by atoms with Gasteiger partial charge in [-0.05, 0) is 12.1 Å². The normalized spacial score (nSPS) is 15.1. The quantitative estimate of drug-likeness (QED) is 0.793. The number of pyridine rings is 1. The molecule has 1 N–H and O–H groups in total. The lowest BCUT2D eigenvalue weighted by molar-refractivity contribution is -0.131. The second-order valence-corrected chi connectivity index (χ2v) is 6.40. The van der Waals surface area contributed by atoms with Gasteiger partial charge in [0.05, 0.1) is 11.9 Å². The Hall–Kier alpha value is -2.83. The number of hydrogen-bond donors (Lipinski definition) is 1. The Balaban J connectivity index is 1.62. The van der Waals surface area contributed by atoms with Crippen LogP contribution in [0.2, 0.25) is 0 Å². The molecule has 0 aromatic carbocycles. The van der Waals surface area contributed by atoms with E-state index in [1.165, 1.54) is 5.69 Å². The monoisotopic (exact) mass is 338 g/mol. The molecule has 0 radical (unpaired) electrons. The first kappa shape index (κ1) is 15.7. The van der Waals surface area contributed by atoms with Gasteiger partial charge in [-0.25, -0.2) is 4.98 Å². The lowest BCUT2D eigenvalue weighted by atomic mass is 10.2. The lowest BCUT2D eigenvalue weighted by Gasteiger charge is -2.36. The van der Waals surface area contributed by atoms with Gasteiger partial charge in [0, 0.05) is 68.7 Å². The van der Waals surface area contributed by atoms with Crippen molar-refractivity contribution >= 4 is 22.6 Å². The summed E-state index contributed by atoms with van der Waals surface area (Å²) in [6.07, 6.45) is 6.25. The van der Waals surface area contributed by atoms with Gasteiger partial charge in [0.1, 0.15) is 5.65 Å². The van der Waals surface area contributed by atoms with Crippen LogP contribution in [0.5, 0.6) is 0 Å². The van der Waals surface area contributed by atoms with Crippen LogP contribution in [0, 0.1) is 0 Å². The molecule has 0 bridgehead atoms. The van der Waals surface area contributed by atoms with Gasteiger partial charge in [0.25, 0.3) is 0 Å². The number of amides is 1. The van der Waals surface area contributed by atoms with Crippen molar-refractivity contribution in [3.05, 3.63) is 30.7 Å². The molecule has 1 aliphatic heterocycles. The minimum atomic E-state index is 0.236. The molecule has 0 saturated carbocycles. The van der Waals surface area contributed by atoms with Gasteiger partial charge in [-0.3, -0.25) is 9.48 Å². The van der Waals surface area contributed by atoms with Crippen molar-refractivity contribution in [2.45, 2.75) is 13.3 Å². The van der Waals surface area contributed by atoms with Crippen LogP contribution in [-0.2, 0) is 11.8 Å². The number of aryl methyl sites for hydroxylation is 1. The number of nitrogens with zero attached hydrogens (tertiary/aromatic N) is 5. The van der Waals surface area contributed by atoms with E-state index in [1.807, 2.05) is 37.5 Å². The molecular weight excluding hydrogens is 316 g/mol. The number of H-pyrrole nitrogens is 1. The zero-order chi connectivity index (χ0) is 17.4. The molecule has 3 aromatic heterocycles. The SMILES string of the molecule is CCC(=O)N1CCN(c2ccnc3[nH]c(-c4cnn(C)c4)cc23)CC1. The summed E-state index contributed by atoms with van der Waals surface area (Å²) in [5, 5.41) is 5.34. The van der Waals surface area contributed by atoms with E-state index in [0.29, 0.717) is 6.42 Å². The van der Waals surface area contributed by atoms with Crippen molar-refractivity contribution in [2.24, 2.45) is 7.05 Å². The molecule has 3 aromatic rings. The highest BCUT2D eigenvalue weighted by Gasteiger charge is 2.22. The first-order chi connectivity index (χ1) is 12.2. The summed E-state index contributed by atoms with van der Waals surface area (Å²) >= 11 is 0. The molecule has 0 atom stereocenters. The van der Waals surface area contributed by atoms with Crippen molar-refractivity contribution in [3.63, 3.8) is 0 Å². The van der Waals surface area contributed by atoms with Crippen LogP contribution in [0.1, 0.15) is 13.3 Å². The molecule has 25 heavy (non-hydrogen) atoms. The third-order valence-corrected chi connectivity index (χ3v) is 4.80. The minimum absolute atomic E-state index is 0.236. The highest BCUT2D eigenvalue weighted by molar-refractivity contribution is 5.93. The highest BCUT2D eigenvalue weighted by Crippen LogP contribution is 2.30. The van der Waals surface area contributed by atoms with Crippen LogP contribution in [0.25, 0.3) is 22.3 Å². The minimum Gasteiger partial charge on any atom is -0.367 e. The zero-order valence-corrected chi connectivity index (χ0v) is 14.6. The summed E-state index contributed by atoms with van der Waals surface area (Å²) in [6.45, 7) is 5.16. The molecule has 0 aliphatic carbocycles. The van der Waals surface area contributed by atoms with Gasteiger partial charge >= 0.3 is 0 Å². The number of carbonyl (C=O) groups is 1.